The van der Waals surface area contributed by atoms with Crippen molar-refractivity contribution in [2.45, 2.75) is 19.3 Å². The van der Waals surface area contributed by atoms with Crippen LogP contribution in [0.1, 0.15) is 24.2 Å². The maximum absolute atomic E-state index is 10.2. The van der Waals surface area contributed by atoms with Gasteiger partial charge < -0.3 is 14.7 Å². The van der Waals surface area contributed by atoms with Gasteiger partial charge in [0.25, 0.3) is 0 Å². The first-order valence-electron chi connectivity index (χ1n) is 5.64. The van der Waals surface area contributed by atoms with Crippen LogP contribution < -0.4 is 0 Å². The van der Waals surface area contributed by atoms with E-state index in [1.165, 1.54) is 0 Å². The van der Waals surface area contributed by atoms with Gasteiger partial charge in [-0.2, -0.15) is 0 Å². The van der Waals surface area contributed by atoms with Crippen LogP contribution in [0.4, 0.5) is 0 Å². The van der Waals surface area contributed by atoms with Crippen molar-refractivity contribution in [3.8, 4) is 0 Å². The Hall–Kier alpha value is -1.74. The third kappa shape index (κ3) is 1.94. The van der Waals surface area contributed by atoms with E-state index in [2.05, 4.69) is 6.58 Å². The number of hydrogen-bond donors (Lipinski definition) is 1. The van der Waals surface area contributed by atoms with Crippen LogP contribution in [0.5, 0.6) is 0 Å². The molecule has 1 aromatic rings. The molecule has 90 valence electrons. The molecular formula is C14H17NO2. The second-order valence-electron chi connectivity index (χ2n) is 4.02. The third-order valence-electron chi connectivity index (χ3n) is 3.03. The summed E-state index contributed by atoms with van der Waals surface area (Å²) in [5, 5.41) is 10.2. The molecule has 1 aliphatic rings. The Balaban J connectivity index is 2.38. The monoisotopic (exact) mass is 231 g/mol. The first-order valence-corrected chi connectivity index (χ1v) is 5.64. The summed E-state index contributed by atoms with van der Waals surface area (Å²) in [4.78, 5) is 1.73. The normalized spacial score (nSPS) is 26.1. The summed E-state index contributed by atoms with van der Waals surface area (Å²) >= 11 is 0. The van der Waals surface area contributed by atoms with E-state index in [1.54, 1.807) is 11.0 Å². The molecule has 3 nitrogen and oxygen atoms in total. The summed E-state index contributed by atoms with van der Waals surface area (Å²) in [7, 11) is 1.82. The molecule has 0 aromatic heterocycles. The Morgan fingerprint density at radius 3 is 2.71 bits per heavy atom. The van der Waals surface area contributed by atoms with E-state index >= 15 is 0 Å². The van der Waals surface area contributed by atoms with Gasteiger partial charge in [0, 0.05) is 12.6 Å². The molecule has 1 heterocycles. The number of benzene rings is 1. The molecule has 1 N–H and O–H groups in total. The molecular weight excluding hydrogens is 214 g/mol. The summed E-state index contributed by atoms with van der Waals surface area (Å²) in [6.45, 7) is 5.67. The van der Waals surface area contributed by atoms with E-state index in [1.807, 2.05) is 44.3 Å². The van der Waals surface area contributed by atoms with Crippen molar-refractivity contribution in [1.29, 1.82) is 0 Å². The minimum Gasteiger partial charge on any atom is -0.466 e. The number of aliphatic hydroxyl groups is 1. The fourth-order valence-electron chi connectivity index (χ4n) is 2.06. The Morgan fingerprint density at radius 2 is 2.12 bits per heavy atom. The van der Waals surface area contributed by atoms with Gasteiger partial charge in [0.2, 0.25) is 0 Å². The zero-order valence-electron chi connectivity index (χ0n) is 10.1. The molecule has 0 bridgehead atoms. The lowest BCUT2D eigenvalue weighted by Crippen LogP contribution is -2.27. The van der Waals surface area contributed by atoms with Gasteiger partial charge in [-0.05, 0) is 18.6 Å². The second kappa shape index (κ2) is 4.63. The molecule has 0 aliphatic carbocycles. The van der Waals surface area contributed by atoms with Gasteiger partial charge in [-0.3, -0.25) is 0 Å². The predicted molar refractivity (Wildman–Crippen MR) is 67.9 cm³/mol. The standard InChI is InChI=1S/C14H17NO2/c1-4-10-8-6-7-9-11(10)13-14(16)15(3)12(5-2)17-13/h4-9,13-14,16H,1H2,2-3H3/t13-,14+/m1/s1. The lowest BCUT2D eigenvalue weighted by molar-refractivity contribution is 0.0220. The number of hydrogen-bond acceptors (Lipinski definition) is 3. The van der Waals surface area contributed by atoms with Crippen LogP contribution >= 0.6 is 0 Å². The Labute approximate surface area is 102 Å². The fraction of sp³-hybridized carbons (Fsp3) is 0.286. The van der Waals surface area contributed by atoms with Crippen molar-refractivity contribution in [1.82, 2.24) is 4.90 Å². The molecule has 2 rings (SSSR count). The van der Waals surface area contributed by atoms with Crippen LogP contribution in [0, 0.1) is 0 Å². The maximum atomic E-state index is 10.2. The van der Waals surface area contributed by atoms with Crippen LogP contribution in [0.15, 0.2) is 42.8 Å². The quantitative estimate of drug-likeness (QED) is 0.849. The minimum atomic E-state index is -0.665. The molecule has 0 radical (unpaired) electrons. The van der Waals surface area contributed by atoms with E-state index in [0.29, 0.717) is 5.88 Å². The molecule has 2 atom stereocenters. The SMILES string of the molecule is C=Cc1ccccc1[C@H]1OC(=CC)N(C)[C@H]1O. The van der Waals surface area contributed by atoms with Crippen molar-refractivity contribution in [2.24, 2.45) is 0 Å². The number of nitrogens with zero attached hydrogens (tertiary/aromatic N) is 1. The van der Waals surface area contributed by atoms with Crippen LogP contribution in [-0.2, 0) is 4.74 Å². The molecule has 17 heavy (non-hydrogen) atoms. The molecule has 1 aliphatic heterocycles. The molecule has 3 heteroatoms. The van der Waals surface area contributed by atoms with E-state index in [0.717, 1.165) is 11.1 Å². The highest BCUT2D eigenvalue weighted by atomic mass is 16.5. The van der Waals surface area contributed by atoms with Gasteiger partial charge in [0.05, 0.1) is 0 Å². The lowest BCUT2D eigenvalue weighted by atomic mass is 10.0. The van der Waals surface area contributed by atoms with Crippen molar-refractivity contribution in [2.75, 3.05) is 7.05 Å². The number of aliphatic hydroxyl groups excluding tert-OH is 1. The molecule has 1 saturated heterocycles. The number of allylic oxidation sites excluding steroid dienone is 1. The van der Waals surface area contributed by atoms with E-state index in [9.17, 15) is 5.11 Å². The molecule has 0 saturated carbocycles. The van der Waals surface area contributed by atoms with Gasteiger partial charge in [0.15, 0.2) is 18.2 Å². The predicted octanol–water partition coefficient (Wildman–Crippen LogP) is 2.51. The van der Waals surface area contributed by atoms with Gasteiger partial charge in [-0.15, -0.1) is 0 Å². The van der Waals surface area contributed by atoms with Crippen molar-refractivity contribution < 1.29 is 9.84 Å². The van der Waals surface area contributed by atoms with E-state index in [-0.39, 0.29) is 6.10 Å². The van der Waals surface area contributed by atoms with Crippen LogP contribution in [0.3, 0.4) is 0 Å². The van der Waals surface area contributed by atoms with Crippen molar-refractivity contribution >= 4 is 6.08 Å². The minimum absolute atomic E-state index is 0.361. The highest BCUT2D eigenvalue weighted by Crippen LogP contribution is 2.36. The van der Waals surface area contributed by atoms with Crippen LogP contribution in [0.2, 0.25) is 0 Å². The Kier molecular flexibility index (Phi) is 3.20. The average Bonchev–Trinajstić information content (AvgIpc) is 2.66. The number of rotatable bonds is 2. The summed E-state index contributed by atoms with van der Waals surface area (Å²) in [6, 6.07) is 7.80. The molecule has 1 aromatic carbocycles. The fourth-order valence-corrected chi connectivity index (χ4v) is 2.06. The second-order valence-corrected chi connectivity index (χ2v) is 4.02. The third-order valence-corrected chi connectivity index (χ3v) is 3.03. The lowest BCUT2D eigenvalue weighted by Gasteiger charge is -2.18. The van der Waals surface area contributed by atoms with Crippen molar-refractivity contribution in [3.63, 3.8) is 0 Å². The molecule has 0 unspecified atom stereocenters. The molecule has 0 spiro atoms. The highest BCUT2D eigenvalue weighted by Gasteiger charge is 2.36. The Bertz CT molecular complexity index is 453. The summed E-state index contributed by atoms with van der Waals surface area (Å²) in [5.41, 5.74) is 1.95. The largest absolute Gasteiger partial charge is 0.466 e. The van der Waals surface area contributed by atoms with Gasteiger partial charge >= 0.3 is 0 Å². The smallest absolute Gasteiger partial charge is 0.187 e. The Morgan fingerprint density at radius 1 is 1.41 bits per heavy atom. The summed E-state index contributed by atoms with van der Waals surface area (Å²) in [5.74, 6) is 0.696. The van der Waals surface area contributed by atoms with Gasteiger partial charge in [-0.1, -0.05) is 36.9 Å². The van der Waals surface area contributed by atoms with Gasteiger partial charge in [0.1, 0.15) is 0 Å². The maximum Gasteiger partial charge on any atom is 0.187 e. The van der Waals surface area contributed by atoms with Crippen molar-refractivity contribution in [3.05, 3.63) is 53.9 Å². The average molecular weight is 231 g/mol. The molecule has 0 amide bonds. The van der Waals surface area contributed by atoms with Gasteiger partial charge in [-0.25, -0.2) is 0 Å². The van der Waals surface area contributed by atoms with E-state index in [4.69, 9.17) is 4.74 Å². The summed E-state index contributed by atoms with van der Waals surface area (Å²) < 4.78 is 5.75. The zero-order chi connectivity index (χ0) is 12.4. The first kappa shape index (κ1) is 11.7. The van der Waals surface area contributed by atoms with Crippen LogP contribution in [-0.4, -0.2) is 23.3 Å². The topological polar surface area (TPSA) is 32.7 Å². The van der Waals surface area contributed by atoms with E-state index < -0.39 is 6.23 Å². The number of ether oxygens (including phenoxy) is 1. The number of likely N-dealkylation sites (N-methyl/N-ethyl adjacent to an activating group) is 1. The zero-order valence-corrected chi connectivity index (χ0v) is 10.1. The summed E-state index contributed by atoms with van der Waals surface area (Å²) in [6.07, 6.45) is 2.60. The first-order chi connectivity index (χ1) is 8.19. The van der Waals surface area contributed by atoms with Crippen LogP contribution in [0.25, 0.3) is 6.08 Å². The highest BCUT2D eigenvalue weighted by molar-refractivity contribution is 5.53. The molecule has 1 fully saturated rings.